The van der Waals surface area contributed by atoms with Crippen LogP contribution < -0.4 is 10.6 Å². The third kappa shape index (κ3) is 6.17. The largest absolute Gasteiger partial charge is 0.435 e. The highest BCUT2D eigenvalue weighted by Crippen LogP contribution is 2.49. The van der Waals surface area contributed by atoms with Crippen molar-refractivity contribution in [2.75, 3.05) is 6.54 Å². The second-order valence-electron chi connectivity index (χ2n) is 7.57. The molecule has 1 atom stereocenters. The normalized spacial score (nSPS) is 18.0. The topological polar surface area (TPSA) is 62.7 Å². The highest BCUT2D eigenvalue weighted by Gasteiger charge is 2.62. The summed E-state index contributed by atoms with van der Waals surface area (Å²) in [5.41, 5.74) is -2.58. The molecule has 1 amide bonds. The second-order valence-corrected chi connectivity index (χ2v) is 8.85. The number of benzene rings is 2. The first-order valence-corrected chi connectivity index (χ1v) is 10.8. The van der Waals surface area contributed by atoms with Crippen LogP contribution in [0.15, 0.2) is 41.6 Å². The van der Waals surface area contributed by atoms with Gasteiger partial charge in [-0.25, -0.2) is 0 Å². The molecule has 0 aromatic heterocycles. The SMILES string of the molecule is Cc1cc(C2=NOC(c3cc(Cl)cc(Cl)c3)(C(F)(F)F)C2)ccc1C(=O)NC(=S)NCC(F)(F)F. The summed E-state index contributed by atoms with van der Waals surface area (Å²) in [7, 11) is 0. The quantitative estimate of drug-likeness (QED) is 0.355. The molecule has 1 aliphatic heterocycles. The van der Waals surface area contributed by atoms with Gasteiger partial charge in [0, 0.05) is 27.6 Å². The number of oxime groups is 1. The molecule has 1 unspecified atom stereocenters. The second kappa shape index (κ2) is 9.82. The van der Waals surface area contributed by atoms with Gasteiger partial charge in [-0.3, -0.25) is 10.1 Å². The third-order valence-electron chi connectivity index (χ3n) is 5.00. The van der Waals surface area contributed by atoms with Gasteiger partial charge in [0.25, 0.3) is 11.5 Å². The third-order valence-corrected chi connectivity index (χ3v) is 5.68. The molecule has 1 heterocycles. The molecule has 2 aromatic carbocycles. The number of hydrogen-bond donors (Lipinski definition) is 2. The van der Waals surface area contributed by atoms with Crippen molar-refractivity contribution in [1.82, 2.24) is 10.6 Å². The van der Waals surface area contributed by atoms with E-state index in [0.717, 1.165) is 12.1 Å². The Labute approximate surface area is 210 Å². The summed E-state index contributed by atoms with van der Waals surface area (Å²) >= 11 is 16.5. The van der Waals surface area contributed by atoms with Crippen LogP contribution >= 0.6 is 35.4 Å². The number of hydrogen-bond acceptors (Lipinski definition) is 4. The number of aryl methyl sites for hydroxylation is 1. The van der Waals surface area contributed by atoms with Crippen molar-refractivity contribution in [3.8, 4) is 0 Å². The van der Waals surface area contributed by atoms with Crippen LogP contribution in [0.5, 0.6) is 0 Å². The molecule has 0 spiro atoms. The fraction of sp³-hybridized carbons (Fsp3) is 0.286. The van der Waals surface area contributed by atoms with Gasteiger partial charge in [0.05, 0.1) is 5.71 Å². The fourth-order valence-corrected chi connectivity index (χ4v) is 4.03. The number of carbonyl (C=O) groups excluding carboxylic acids is 1. The van der Waals surface area contributed by atoms with Crippen LogP contribution in [0.1, 0.15) is 33.5 Å². The summed E-state index contributed by atoms with van der Waals surface area (Å²) in [6.07, 6.45) is -10.1. The first kappa shape index (κ1) is 27.0. The Morgan fingerprint density at radius 1 is 1.11 bits per heavy atom. The van der Waals surface area contributed by atoms with Crippen molar-refractivity contribution < 1.29 is 36.0 Å². The van der Waals surface area contributed by atoms with E-state index in [2.05, 4.69) is 22.7 Å². The predicted octanol–water partition coefficient (Wildman–Crippen LogP) is 6.05. The number of alkyl halides is 6. The van der Waals surface area contributed by atoms with E-state index in [1.54, 1.807) is 0 Å². The van der Waals surface area contributed by atoms with Gasteiger partial charge in [0.1, 0.15) is 6.54 Å². The number of nitrogens with zero attached hydrogens (tertiary/aromatic N) is 1. The van der Waals surface area contributed by atoms with Crippen LogP contribution in [0.4, 0.5) is 26.3 Å². The molecular weight excluding hydrogens is 543 g/mol. The summed E-state index contributed by atoms with van der Waals surface area (Å²) in [5.74, 6) is -0.795. The summed E-state index contributed by atoms with van der Waals surface area (Å²) in [5, 5.41) is 7.07. The lowest BCUT2D eigenvalue weighted by Crippen LogP contribution is -2.43. The highest BCUT2D eigenvalue weighted by atomic mass is 35.5. The number of thiocarbonyl (C=S) groups is 1. The lowest BCUT2D eigenvalue weighted by atomic mass is 9.86. The van der Waals surface area contributed by atoms with Crippen LogP contribution in [0.3, 0.4) is 0 Å². The van der Waals surface area contributed by atoms with Crippen LogP contribution in [0, 0.1) is 6.92 Å². The maximum atomic E-state index is 14.1. The Kier molecular flexibility index (Phi) is 7.59. The van der Waals surface area contributed by atoms with E-state index in [1.165, 1.54) is 31.2 Å². The zero-order valence-electron chi connectivity index (χ0n) is 17.6. The lowest BCUT2D eigenvalue weighted by molar-refractivity contribution is -0.275. The minimum absolute atomic E-state index is 0.0120. The molecule has 5 nitrogen and oxygen atoms in total. The Morgan fingerprint density at radius 2 is 1.74 bits per heavy atom. The Bertz CT molecular complexity index is 1180. The Balaban J connectivity index is 1.81. The summed E-state index contributed by atoms with van der Waals surface area (Å²) in [4.78, 5) is 17.3. The Morgan fingerprint density at radius 3 is 2.29 bits per heavy atom. The van der Waals surface area contributed by atoms with Crippen molar-refractivity contribution in [3.63, 3.8) is 0 Å². The van der Waals surface area contributed by atoms with Gasteiger partial charge in [-0.2, -0.15) is 26.3 Å². The van der Waals surface area contributed by atoms with Gasteiger partial charge in [0.2, 0.25) is 0 Å². The molecule has 3 rings (SSSR count). The summed E-state index contributed by atoms with van der Waals surface area (Å²) in [6.45, 7) is 0.0668. The average Bonchev–Trinajstić information content (AvgIpc) is 3.18. The molecule has 2 aromatic rings. The maximum absolute atomic E-state index is 14.1. The van der Waals surface area contributed by atoms with Crippen LogP contribution in [-0.4, -0.2) is 35.6 Å². The minimum atomic E-state index is -4.87. The fourth-order valence-electron chi connectivity index (χ4n) is 3.34. The molecule has 0 saturated carbocycles. The van der Waals surface area contributed by atoms with E-state index >= 15 is 0 Å². The van der Waals surface area contributed by atoms with Crippen LogP contribution in [-0.2, 0) is 10.4 Å². The zero-order chi connectivity index (χ0) is 26.2. The Hall–Kier alpha value is -2.57. The molecular formula is C21H15Cl2F6N3O2S. The maximum Gasteiger partial charge on any atom is 0.435 e. The number of halogens is 8. The molecule has 0 radical (unpaired) electrons. The molecule has 188 valence electrons. The standard InChI is InChI=1S/C21H15Cl2F6N3O2S/c1-10-4-11(2-3-15(10)17(33)31-18(35)30-9-20(24,25)26)16-8-19(34-32-16,21(27,28)29)12-5-13(22)7-14(23)6-12/h2-7H,8-9H2,1H3,(H2,30,31,33,35). The van der Waals surface area contributed by atoms with Crippen molar-refractivity contribution in [2.45, 2.75) is 31.3 Å². The molecule has 14 heteroatoms. The molecule has 0 saturated heterocycles. The van der Waals surface area contributed by atoms with E-state index in [0.29, 0.717) is 5.56 Å². The smallest absolute Gasteiger partial charge is 0.374 e. The van der Waals surface area contributed by atoms with Crippen molar-refractivity contribution >= 4 is 52.2 Å². The molecule has 0 bridgehead atoms. The number of rotatable bonds is 4. The molecule has 0 aliphatic carbocycles. The number of nitrogens with one attached hydrogen (secondary N) is 2. The van der Waals surface area contributed by atoms with Crippen molar-refractivity contribution in [2.24, 2.45) is 5.16 Å². The molecule has 0 fully saturated rings. The van der Waals surface area contributed by atoms with Gasteiger partial charge in [-0.15, -0.1) is 0 Å². The summed E-state index contributed by atoms with van der Waals surface area (Å²) in [6, 6.07) is 7.50. The van der Waals surface area contributed by atoms with Crippen LogP contribution in [0.2, 0.25) is 10.0 Å². The van der Waals surface area contributed by atoms with Gasteiger partial charge in [0.15, 0.2) is 5.11 Å². The minimum Gasteiger partial charge on any atom is -0.374 e. The van der Waals surface area contributed by atoms with Gasteiger partial charge >= 0.3 is 12.4 Å². The average molecular weight is 558 g/mol. The lowest BCUT2D eigenvalue weighted by Gasteiger charge is -2.29. The zero-order valence-corrected chi connectivity index (χ0v) is 19.9. The van der Waals surface area contributed by atoms with E-state index in [-0.39, 0.29) is 32.4 Å². The van der Waals surface area contributed by atoms with Crippen LogP contribution in [0.25, 0.3) is 0 Å². The van der Waals surface area contributed by atoms with Gasteiger partial charge < -0.3 is 10.2 Å². The first-order chi connectivity index (χ1) is 16.1. The van der Waals surface area contributed by atoms with Gasteiger partial charge in [-0.1, -0.05) is 34.4 Å². The summed E-state index contributed by atoms with van der Waals surface area (Å²) < 4.78 is 79.2. The van der Waals surface area contributed by atoms with Gasteiger partial charge in [-0.05, 0) is 60.6 Å². The predicted molar refractivity (Wildman–Crippen MR) is 122 cm³/mol. The monoisotopic (exact) mass is 557 g/mol. The molecule has 35 heavy (non-hydrogen) atoms. The molecule has 1 aliphatic rings. The highest BCUT2D eigenvalue weighted by molar-refractivity contribution is 7.80. The van der Waals surface area contributed by atoms with E-state index < -0.39 is 41.9 Å². The van der Waals surface area contributed by atoms with E-state index in [1.807, 2.05) is 5.32 Å². The number of amides is 1. The van der Waals surface area contributed by atoms with Crippen molar-refractivity contribution in [3.05, 3.63) is 68.7 Å². The van der Waals surface area contributed by atoms with Crippen molar-refractivity contribution in [1.29, 1.82) is 0 Å². The van der Waals surface area contributed by atoms with E-state index in [4.69, 9.17) is 28.0 Å². The first-order valence-electron chi connectivity index (χ1n) is 9.66. The van der Waals surface area contributed by atoms with E-state index in [9.17, 15) is 31.1 Å². The number of carbonyl (C=O) groups is 1. The molecule has 2 N–H and O–H groups in total.